The van der Waals surface area contributed by atoms with Crippen LogP contribution in [0.2, 0.25) is 13.3 Å². The van der Waals surface area contributed by atoms with Crippen LogP contribution in [0.4, 0.5) is 4.79 Å². The van der Waals surface area contributed by atoms with Gasteiger partial charge in [0.1, 0.15) is 0 Å². The summed E-state index contributed by atoms with van der Waals surface area (Å²) in [5.41, 5.74) is 1.23. The summed E-state index contributed by atoms with van der Waals surface area (Å²) in [6.07, 6.45) is 8.87. The topological polar surface area (TPSA) is 29.5 Å². The zero-order chi connectivity index (χ0) is 22.0. The molecule has 1 fully saturated rings. The summed E-state index contributed by atoms with van der Waals surface area (Å²) in [4.78, 5) is 15.4. The second kappa shape index (κ2) is 13.0. The standard InChI is InChI=1S/C14H18NO2.3C4H9.Sn/c1-11(2)8-9-15-13(10-17-14(15)16)12-6-4-3-5-7-12;3*1-3-4-2;/h3-7,9,11,13H,8,10H2,1-2H3;3*1,3-4H2,2H3;/t13-;;;;/m0..../s1. The molecule has 1 amide bonds. The third kappa shape index (κ3) is 6.64. The summed E-state index contributed by atoms with van der Waals surface area (Å²) in [7, 11) is 0. The molecule has 1 aromatic carbocycles. The quantitative estimate of drug-likeness (QED) is 0.232. The van der Waals surface area contributed by atoms with Crippen LogP contribution in [-0.2, 0) is 4.74 Å². The molecule has 0 aromatic heterocycles. The molecule has 3 nitrogen and oxygen atoms in total. The normalized spacial score (nSPS) is 18.1. The van der Waals surface area contributed by atoms with E-state index in [9.17, 15) is 4.79 Å². The third-order valence-electron chi connectivity index (χ3n) is 6.92. The van der Waals surface area contributed by atoms with Gasteiger partial charge in [-0.15, -0.1) is 0 Å². The Morgan fingerprint density at radius 3 is 1.97 bits per heavy atom. The van der Waals surface area contributed by atoms with E-state index in [-0.39, 0.29) is 12.1 Å². The van der Waals surface area contributed by atoms with E-state index in [1.54, 1.807) is 0 Å². The number of nitrogens with zero attached hydrogens (tertiary/aromatic N) is 1. The molecule has 0 spiro atoms. The molecule has 30 heavy (non-hydrogen) atoms. The van der Waals surface area contributed by atoms with Gasteiger partial charge >= 0.3 is 190 Å². The Morgan fingerprint density at radius 2 is 1.50 bits per heavy atom. The average Bonchev–Trinajstić information content (AvgIpc) is 3.13. The fourth-order valence-electron chi connectivity index (χ4n) is 5.28. The molecule has 0 aliphatic carbocycles. The second-order valence-electron chi connectivity index (χ2n) is 9.73. The zero-order valence-electron chi connectivity index (χ0n) is 20.2. The Kier molecular flexibility index (Phi) is 11.1. The first kappa shape index (κ1) is 25.5. The molecule has 2 rings (SSSR count). The molecule has 0 N–H and O–H groups in total. The van der Waals surface area contributed by atoms with E-state index >= 15 is 0 Å². The van der Waals surface area contributed by atoms with Crippen LogP contribution in [0, 0.1) is 5.92 Å². The Morgan fingerprint density at radius 1 is 0.967 bits per heavy atom. The number of hydrogen-bond donors (Lipinski definition) is 0. The molecule has 170 valence electrons. The first-order valence-electron chi connectivity index (χ1n) is 12.5. The first-order valence-corrected chi connectivity index (χ1v) is 20.2. The molecule has 0 radical (unpaired) electrons. The Hall–Kier alpha value is -0.711. The Labute approximate surface area is 189 Å². The van der Waals surface area contributed by atoms with Crippen molar-refractivity contribution in [3.63, 3.8) is 0 Å². The third-order valence-corrected chi connectivity index (χ3v) is 24.0. The van der Waals surface area contributed by atoms with Crippen LogP contribution in [0.15, 0.2) is 30.3 Å². The van der Waals surface area contributed by atoms with Crippen LogP contribution < -0.4 is 0 Å². The summed E-state index contributed by atoms with van der Waals surface area (Å²) in [5, 5.41) is 0. The molecule has 1 aliphatic rings. The fraction of sp³-hybridized carbons (Fsp3) is 0.731. The van der Waals surface area contributed by atoms with Crippen LogP contribution >= 0.6 is 0 Å². The summed E-state index contributed by atoms with van der Waals surface area (Å²) in [6.45, 7) is 12.2. The van der Waals surface area contributed by atoms with E-state index in [1.807, 2.05) is 0 Å². The van der Waals surface area contributed by atoms with Crippen LogP contribution in [0.25, 0.3) is 0 Å². The first-order chi connectivity index (χ1) is 14.5. The number of hydrogen-bond acceptors (Lipinski definition) is 2. The van der Waals surface area contributed by atoms with Crippen molar-refractivity contribution < 1.29 is 9.53 Å². The molecule has 4 heteroatoms. The van der Waals surface area contributed by atoms with Gasteiger partial charge in [-0.1, -0.05) is 0 Å². The number of amides is 1. The molecule has 1 saturated heterocycles. The Balaban J connectivity index is 2.50. The predicted octanol–water partition coefficient (Wildman–Crippen LogP) is 7.98. The van der Waals surface area contributed by atoms with Gasteiger partial charge in [-0.05, 0) is 0 Å². The maximum atomic E-state index is 13.2. The number of benzene rings is 1. The van der Waals surface area contributed by atoms with Gasteiger partial charge in [-0.25, -0.2) is 0 Å². The van der Waals surface area contributed by atoms with Crippen LogP contribution in [0.1, 0.15) is 91.2 Å². The van der Waals surface area contributed by atoms with E-state index in [2.05, 4.69) is 69.9 Å². The van der Waals surface area contributed by atoms with Crippen LogP contribution in [0.3, 0.4) is 0 Å². The van der Waals surface area contributed by atoms with Gasteiger partial charge in [-0.3, -0.25) is 0 Å². The van der Waals surface area contributed by atoms with Gasteiger partial charge in [0, 0.05) is 0 Å². The van der Waals surface area contributed by atoms with Crippen molar-refractivity contribution in [3.05, 3.63) is 35.9 Å². The summed E-state index contributed by atoms with van der Waals surface area (Å²) < 4.78 is 10.4. The maximum absolute atomic E-state index is 13.2. The average molecular weight is 522 g/mol. The van der Waals surface area contributed by atoms with E-state index in [4.69, 9.17) is 4.74 Å². The number of carbonyl (C=O) groups is 1. The molecule has 0 saturated carbocycles. The number of rotatable bonds is 14. The second-order valence-corrected chi connectivity index (χ2v) is 23.7. The molecule has 1 heterocycles. The minimum absolute atomic E-state index is 0.0555. The fourth-order valence-corrected chi connectivity index (χ4v) is 24.6. The molecular formula is C26H45NO2Sn. The van der Waals surface area contributed by atoms with Crippen molar-refractivity contribution in [3.8, 4) is 0 Å². The van der Waals surface area contributed by atoms with Gasteiger partial charge in [-0.2, -0.15) is 0 Å². The van der Waals surface area contributed by atoms with Gasteiger partial charge in [0.25, 0.3) is 0 Å². The molecule has 0 bridgehead atoms. The van der Waals surface area contributed by atoms with Crippen molar-refractivity contribution in [1.82, 2.24) is 4.90 Å². The van der Waals surface area contributed by atoms with Crippen LogP contribution in [-0.4, -0.2) is 40.0 Å². The van der Waals surface area contributed by atoms with E-state index < -0.39 is 18.4 Å². The number of carbonyl (C=O) groups excluding carboxylic acids is 1. The predicted molar refractivity (Wildman–Crippen MR) is 131 cm³/mol. The molecule has 1 aliphatic heterocycles. The van der Waals surface area contributed by atoms with Gasteiger partial charge < -0.3 is 0 Å². The van der Waals surface area contributed by atoms with Crippen LogP contribution in [0.5, 0.6) is 0 Å². The zero-order valence-corrected chi connectivity index (χ0v) is 23.0. The number of unbranched alkanes of at least 4 members (excludes halogenated alkanes) is 3. The van der Waals surface area contributed by atoms with Gasteiger partial charge in [0.2, 0.25) is 0 Å². The minimum atomic E-state index is -2.67. The van der Waals surface area contributed by atoms with Crippen molar-refractivity contribution >= 4 is 24.5 Å². The monoisotopic (exact) mass is 523 g/mol. The summed E-state index contributed by atoms with van der Waals surface area (Å²) in [6, 6.07) is 10.7. The molecular weight excluding hydrogens is 477 g/mol. The van der Waals surface area contributed by atoms with Crippen molar-refractivity contribution in [2.45, 2.75) is 103 Å². The summed E-state index contributed by atoms with van der Waals surface area (Å²) >= 11 is -2.67. The van der Waals surface area contributed by atoms with E-state index in [0.717, 1.165) is 6.42 Å². The van der Waals surface area contributed by atoms with Crippen molar-refractivity contribution in [2.24, 2.45) is 5.92 Å². The number of cyclic esters (lactones) is 1. The van der Waals surface area contributed by atoms with Gasteiger partial charge in [0.05, 0.1) is 0 Å². The molecule has 2 atom stereocenters. The summed E-state index contributed by atoms with van der Waals surface area (Å²) in [5.74, 6) is 0.598. The Bertz CT molecular complexity index is 597. The van der Waals surface area contributed by atoms with E-state index in [0.29, 0.717) is 16.6 Å². The molecule has 0 unspecified atom stereocenters. The molecule has 1 aromatic rings. The number of ether oxygens (including phenoxy) is 1. The SMILES string of the molecule is CCC[CH2][Sn]([CH2]CCC)([CH2]CCC)[C@@H](CC(C)C)N1C(=O)OC[C@H]1c1ccccc1. The van der Waals surface area contributed by atoms with E-state index in [1.165, 1.54) is 57.4 Å². The van der Waals surface area contributed by atoms with Crippen molar-refractivity contribution in [1.29, 1.82) is 0 Å². The van der Waals surface area contributed by atoms with Crippen molar-refractivity contribution in [2.75, 3.05) is 6.61 Å². The van der Waals surface area contributed by atoms with Gasteiger partial charge in [0.15, 0.2) is 0 Å².